The van der Waals surface area contributed by atoms with E-state index >= 15 is 0 Å². The summed E-state index contributed by atoms with van der Waals surface area (Å²) in [6.07, 6.45) is 0. The summed E-state index contributed by atoms with van der Waals surface area (Å²) in [4.78, 5) is 10.3. The Morgan fingerprint density at radius 3 is 2.33 bits per heavy atom. The maximum absolute atomic E-state index is 10.3. The van der Waals surface area contributed by atoms with Gasteiger partial charge in [-0.25, -0.2) is 0 Å². The average Bonchev–Trinajstić information content (AvgIpc) is 1.90. The van der Waals surface area contributed by atoms with E-state index in [9.17, 15) is 9.46 Å². The Balaban J connectivity index is 2.31. The molecule has 0 spiro atoms. The molecule has 0 radical (unpaired) electrons. The predicted molar refractivity (Wildman–Crippen MR) is 30.0 cm³/mol. The molecule has 1 saturated heterocycles. The first kappa shape index (κ1) is 7.09. The molecule has 5 heteroatoms. The number of morpholine rings is 1. The van der Waals surface area contributed by atoms with Gasteiger partial charge in [0.2, 0.25) is 0 Å². The lowest BCUT2D eigenvalue weighted by atomic mass is 10.5. The number of rotatable bonds is 1. The lowest BCUT2D eigenvalue weighted by Crippen LogP contribution is -2.32. The third-order valence-corrected chi connectivity index (χ3v) is 2.08. The van der Waals surface area contributed by atoms with Crippen LogP contribution in [0.3, 0.4) is 0 Å². The van der Waals surface area contributed by atoms with Crippen LogP contribution >= 0.6 is 8.18 Å². The van der Waals surface area contributed by atoms with Gasteiger partial charge in [-0.05, 0) is 0 Å². The molecular weight excluding hydrogens is 141 g/mol. The molecule has 0 N–H and O–H groups in total. The van der Waals surface area contributed by atoms with E-state index in [1.165, 1.54) is 4.67 Å². The average molecular weight is 149 g/mol. The van der Waals surface area contributed by atoms with Crippen molar-refractivity contribution in [2.45, 2.75) is 0 Å². The van der Waals surface area contributed by atoms with E-state index in [1.807, 2.05) is 0 Å². The molecule has 0 amide bonds. The van der Waals surface area contributed by atoms with Gasteiger partial charge in [0.05, 0.1) is 26.3 Å². The molecule has 0 aromatic heterocycles. The van der Waals surface area contributed by atoms with Gasteiger partial charge in [-0.1, -0.05) is 9.24 Å². The van der Waals surface area contributed by atoms with Crippen molar-refractivity contribution in [3.63, 3.8) is 0 Å². The fourth-order valence-corrected chi connectivity index (χ4v) is 1.21. The minimum Gasteiger partial charge on any atom is -0.578 e. The van der Waals surface area contributed by atoms with Crippen molar-refractivity contribution >= 4 is 8.18 Å². The van der Waals surface area contributed by atoms with Crippen molar-refractivity contribution in [2.75, 3.05) is 26.3 Å². The Kier molecular flexibility index (Phi) is 2.54. The molecule has 1 unspecified atom stereocenters. The zero-order chi connectivity index (χ0) is 6.69. The van der Waals surface area contributed by atoms with Gasteiger partial charge in [-0.3, -0.25) is 0 Å². The van der Waals surface area contributed by atoms with E-state index in [0.717, 1.165) is 0 Å². The second-order valence-electron chi connectivity index (χ2n) is 1.80. The molecule has 0 bridgehead atoms. The Morgan fingerprint density at radius 2 is 2.00 bits per heavy atom. The van der Waals surface area contributed by atoms with Crippen LogP contribution in [0, 0.1) is 0 Å². The summed E-state index contributed by atoms with van der Waals surface area (Å²) >= 11 is 0. The highest BCUT2D eigenvalue weighted by Gasteiger charge is 2.19. The molecule has 0 saturated carbocycles. The number of ether oxygens (including phenoxy) is 1. The van der Waals surface area contributed by atoms with Crippen LogP contribution in [0.5, 0.6) is 0 Å². The number of nitrogens with zero attached hydrogens (tertiary/aromatic N) is 1. The van der Waals surface area contributed by atoms with Gasteiger partial charge in [0.15, 0.2) is 0 Å². The van der Waals surface area contributed by atoms with Gasteiger partial charge in [-0.2, -0.15) is 0 Å². The third kappa shape index (κ3) is 1.99. The van der Waals surface area contributed by atoms with Crippen molar-refractivity contribution < 1.29 is 14.2 Å². The normalized spacial score (nSPS) is 23.9. The van der Waals surface area contributed by atoms with Gasteiger partial charge in [0.1, 0.15) is 0 Å². The molecule has 4 nitrogen and oxygen atoms in total. The van der Waals surface area contributed by atoms with E-state index < -0.39 is 8.18 Å². The second kappa shape index (κ2) is 3.22. The van der Waals surface area contributed by atoms with Gasteiger partial charge >= 0.3 is 8.18 Å². The van der Waals surface area contributed by atoms with Crippen LogP contribution < -0.4 is 4.89 Å². The molecule has 1 rings (SSSR count). The highest BCUT2D eigenvalue weighted by Crippen LogP contribution is 2.16. The zero-order valence-electron chi connectivity index (χ0n) is 4.95. The molecule has 1 atom stereocenters. The van der Waals surface area contributed by atoms with Crippen molar-refractivity contribution in [1.29, 1.82) is 0 Å². The maximum Gasteiger partial charge on any atom is 0.411 e. The summed E-state index contributed by atoms with van der Waals surface area (Å²) in [6, 6.07) is 0. The third-order valence-electron chi connectivity index (χ3n) is 1.22. The highest BCUT2D eigenvalue weighted by atomic mass is 31.1. The summed E-state index contributed by atoms with van der Waals surface area (Å²) in [7, 11) is -2.37. The first-order valence-electron chi connectivity index (χ1n) is 2.77. The molecule has 52 valence electrons. The molecule has 1 fully saturated rings. The van der Waals surface area contributed by atoms with Crippen molar-refractivity contribution in [3.8, 4) is 0 Å². The molecule has 0 aromatic carbocycles. The minimum absolute atomic E-state index is 0.513. The van der Waals surface area contributed by atoms with Gasteiger partial charge in [0, 0.05) is 0 Å². The van der Waals surface area contributed by atoms with Crippen LogP contribution in [-0.2, 0) is 9.30 Å². The molecule has 9 heavy (non-hydrogen) atoms. The summed E-state index contributed by atoms with van der Waals surface area (Å²) in [5, 5.41) is 0. The predicted octanol–water partition coefficient (Wildman–Crippen LogP) is -0.664. The van der Waals surface area contributed by atoms with E-state index in [0.29, 0.717) is 26.3 Å². The Bertz CT molecular complexity index is 112. The molecule has 1 heterocycles. The fourth-order valence-electron chi connectivity index (χ4n) is 0.717. The van der Waals surface area contributed by atoms with E-state index in [2.05, 4.69) is 0 Å². The van der Waals surface area contributed by atoms with Crippen molar-refractivity contribution in [1.82, 2.24) is 4.67 Å². The first-order chi connectivity index (χ1) is 4.30. The Hall–Kier alpha value is -0.0200. The standard InChI is InChI=1S/C4H8NO3P/c6-9(7)5-1-3-8-4-2-5/h1-4H2. The smallest absolute Gasteiger partial charge is 0.411 e. The molecule has 0 aromatic rings. The summed E-state index contributed by atoms with van der Waals surface area (Å²) in [5.74, 6) is 0. The summed E-state index contributed by atoms with van der Waals surface area (Å²) in [6.45, 7) is 2.09. The zero-order valence-corrected chi connectivity index (χ0v) is 5.84. The second-order valence-corrected chi connectivity index (χ2v) is 2.85. The van der Waals surface area contributed by atoms with Crippen molar-refractivity contribution in [2.24, 2.45) is 0 Å². The van der Waals surface area contributed by atoms with Crippen molar-refractivity contribution in [3.05, 3.63) is 0 Å². The van der Waals surface area contributed by atoms with Crippen LogP contribution in [0.25, 0.3) is 0 Å². The number of hydrogen-bond acceptors (Lipinski definition) is 3. The van der Waals surface area contributed by atoms with Crippen LogP contribution in [0.1, 0.15) is 0 Å². The van der Waals surface area contributed by atoms with Crippen LogP contribution in [0.15, 0.2) is 0 Å². The SMILES string of the molecule is O=[P+]([O-])N1CCOCC1. The molecule has 1 aliphatic heterocycles. The summed E-state index contributed by atoms with van der Waals surface area (Å²) < 4.78 is 16.6. The van der Waals surface area contributed by atoms with E-state index in [-0.39, 0.29) is 0 Å². The monoisotopic (exact) mass is 149 g/mol. The Morgan fingerprint density at radius 1 is 1.44 bits per heavy atom. The van der Waals surface area contributed by atoms with Crippen LogP contribution in [0.4, 0.5) is 0 Å². The topological polar surface area (TPSA) is 52.6 Å². The number of hydrogen-bond donors (Lipinski definition) is 0. The highest BCUT2D eigenvalue weighted by molar-refractivity contribution is 7.33. The van der Waals surface area contributed by atoms with Gasteiger partial charge < -0.3 is 9.63 Å². The van der Waals surface area contributed by atoms with E-state index in [4.69, 9.17) is 4.74 Å². The Labute approximate surface area is 54.3 Å². The first-order valence-corrected chi connectivity index (χ1v) is 3.91. The quantitative estimate of drug-likeness (QED) is 0.464. The molecule has 1 aliphatic rings. The van der Waals surface area contributed by atoms with Gasteiger partial charge in [-0.15, -0.1) is 0 Å². The molecule has 0 aliphatic carbocycles. The van der Waals surface area contributed by atoms with Crippen LogP contribution in [0.2, 0.25) is 0 Å². The maximum atomic E-state index is 10.3. The minimum atomic E-state index is -2.37. The largest absolute Gasteiger partial charge is 0.578 e. The fraction of sp³-hybridized carbons (Fsp3) is 1.00. The van der Waals surface area contributed by atoms with E-state index in [1.54, 1.807) is 0 Å². The molecular formula is C4H8NO3P. The lowest BCUT2D eigenvalue weighted by Gasteiger charge is -2.17. The van der Waals surface area contributed by atoms with Gasteiger partial charge in [0.25, 0.3) is 0 Å². The summed E-state index contributed by atoms with van der Waals surface area (Å²) in [5.41, 5.74) is 0. The van der Waals surface area contributed by atoms with Crippen LogP contribution in [-0.4, -0.2) is 31.0 Å². The lowest BCUT2D eigenvalue weighted by molar-refractivity contribution is -0.178.